The predicted octanol–water partition coefficient (Wildman–Crippen LogP) is -1.44. The predicted molar refractivity (Wildman–Crippen MR) is 132 cm³/mol. The molecule has 0 aromatic carbocycles. The van der Waals surface area contributed by atoms with Crippen LogP contribution in [0.2, 0.25) is 0 Å². The summed E-state index contributed by atoms with van der Waals surface area (Å²) in [6.07, 6.45) is -0.199. The van der Waals surface area contributed by atoms with Crippen molar-refractivity contribution < 1.29 is 48.5 Å². The molecule has 2 fully saturated rings. The van der Waals surface area contributed by atoms with E-state index in [1.54, 1.807) is 0 Å². The summed E-state index contributed by atoms with van der Waals surface area (Å²) in [5, 5.41) is 24.5. The molecule has 2 saturated carbocycles. The van der Waals surface area contributed by atoms with Crippen LogP contribution in [-0.2, 0) is 38.3 Å². The molecule has 0 heterocycles. The van der Waals surface area contributed by atoms with Crippen LogP contribution in [-0.4, -0.2) is 83.5 Å². The minimum Gasteiger partial charge on any atom is -0.446 e. The average Bonchev–Trinajstić information content (AvgIpc) is 2.91. The van der Waals surface area contributed by atoms with Crippen molar-refractivity contribution in [1.29, 1.82) is 0 Å². The summed E-state index contributed by atoms with van der Waals surface area (Å²) in [6, 6.07) is 0. The van der Waals surface area contributed by atoms with Crippen LogP contribution in [0.5, 0.6) is 0 Å². The van der Waals surface area contributed by atoms with E-state index in [4.69, 9.17) is 20.9 Å². The Morgan fingerprint density at radius 2 is 1.05 bits per heavy atom. The highest BCUT2D eigenvalue weighted by Crippen LogP contribution is 2.35. The van der Waals surface area contributed by atoms with Gasteiger partial charge < -0.3 is 41.2 Å². The first-order chi connectivity index (χ1) is 18.9. The van der Waals surface area contributed by atoms with E-state index in [0.717, 1.165) is 12.2 Å². The largest absolute Gasteiger partial charge is 0.446 e. The number of hydrogen-bond donors (Lipinski definition) is 4. The smallest absolute Gasteiger partial charge is 0.332 e. The van der Waals surface area contributed by atoms with Crippen LogP contribution in [0.4, 0.5) is 0 Å². The fraction of sp³-hybridized carbons (Fsp3) is 0.727. The molecule has 224 valence electrons. The Morgan fingerprint density at radius 1 is 0.725 bits per heavy atom. The van der Waals surface area contributed by atoms with Crippen molar-refractivity contribution in [3.8, 4) is 0 Å². The van der Waals surface area contributed by atoms with Crippen molar-refractivity contribution in [2.24, 2.45) is 11.5 Å². The number of carbonyl (C=O) groups is 4. The Morgan fingerprint density at radius 3 is 1.32 bits per heavy atom. The molecule has 0 aromatic heterocycles. The molecule has 0 bridgehead atoms. The molecule has 2 aliphatic carbocycles. The number of ether oxygens (including phenoxy) is 2. The van der Waals surface area contributed by atoms with Gasteiger partial charge in [0.25, 0.3) is 22.0 Å². The first-order valence-corrected chi connectivity index (χ1v) is 12.7. The first-order valence-electron chi connectivity index (χ1n) is 12.7. The molecule has 18 nitrogen and oxygen atoms in total. The Labute approximate surface area is 228 Å². The van der Waals surface area contributed by atoms with Gasteiger partial charge >= 0.3 is 11.9 Å². The van der Waals surface area contributed by atoms with Crippen molar-refractivity contribution in [2.45, 2.75) is 74.8 Å². The number of nitrogens with zero attached hydrogens (tertiary/aromatic N) is 2. The van der Waals surface area contributed by atoms with Gasteiger partial charge in [0, 0.05) is 38.3 Å². The average molecular weight is 575 g/mol. The lowest BCUT2D eigenvalue weighted by Gasteiger charge is -2.37. The number of amides is 2. The molecule has 2 rings (SSSR count). The van der Waals surface area contributed by atoms with Crippen molar-refractivity contribution in [3.63, 3.8) is 0 Å². The van der Waals surface area contributed by atoms with Gasteiger partial charge in [-0.05, 0) is 51.4 Å². The molecule has 18 heteroatoms. The minimum atomic E-state index is -1.67. The molecule has 0 atom stereocenters. The summed E-state index contributed by atoms with van der Waals surface area (Å²) in [5.74, 6) is -3.44. The summed E-state index contributed by atoms with van der Waals surface area (Å²) in [7, 11) is 0. The molecule has 2 aliphatic rings. The maximum absolute atomic E-state index is 12.8. The van der Waals surface area contributed by atoms with Gasteiger partial charge in [-0.25, -0.2) is 9.59 Å². The zero-order valence-electron chi connectivity index (χ0n) is 21.7. The van der Waals surface area contributed by atoms with Gasteiger partial charge in [0.05, 0.1) is 0 Å². The Bertz CT molecular complexity index is 897. The monoisotopic (exact) mass is 574 g/mol. The van der Waals surface area contributed by atoms with Crippen LogP contribution in [0.3, 0.4) is 0 Å². The van der Waals surface area contributed by atoms with E-state index in [-0.39, 0.29) is 77.5 Å². The molecule has 0 aromatic rings. The van der Waals surface area contributed by atoms with E-state index in [1.807, 2.05) is 0 Å². The second-order valence-corrected chi connectivity index (χ2v) is 9.31. The van der Waals surface area contributed by atoms with E-state index in [0.29, 0.717) is 0 Å². The summed E-state index contributed by atoms with van der Waals surface area (Å²) in [5.41, 5.74) is 7.50. The van der Waals surface area contributed by atoms with E-state index >= 15 is 0 Å². The van der Waals surface area contributed by atoms with Crippen LogP contribution in [0, 0.1) is 20.2 Å². The van der Waals surface area contributed by atoms with E-state index < -0.39 is 57.3 Å². The van der Waals surface area contributed by atoms with E-state index in [2.05, 4.69) is 20.3 Å². The summed E-state index contributed by atoms with van der Waals surface area (Å²) in [6.45, 7) is 0.427. The normalized spacial score (nSPS) is 26.2. The molecule has 0 unspecified atom stereocenters. The van der Waals surface area contributed by atoms with Crippen molar-refractivity contribution in [2.75, 3.05) is 26.2 Å². The Balaban J connectivity index is 2.08. The second kappa shape index (κ2) is 14.9. The van der Waals surface area contributed by atoms with Crippen LogP contribution in [0.1, 0.15) is 51.4 Å². The van der Waals surface area contributed by atoms with Crippen molar-refractivity contribution in [1.82, 2.24) is 10.6 Å². The van der Waals surface area contributed by atoms with Gasteiger partial charge in [0.15, 0.2) is 11.2 Å². The summed E-state index contributed by atoms with van der Waals surface area (Å²) in [4.78, 5) is 81.2. The van der Waals surface area contributed by atoms with Gasteiger partial charge in [-0.2, -0.15) is 0 Å². The topological polar surface area (TPSA) is 268 Å². The summed E-state index contributed by atoms with van der Waals surface area (Å²) >= 11 is 0. The van der Waals surface area contributed by atoms with Gasteiger partial charge in [-0.3, -0.25) is 9.59 Å². The zero-order chi connectivity index (χ0) is 29.8. The SMILES string of the molecule is NCCNC(=O)C1(OC(=O)/C=C/C(=O)OC2(C(=O)NCCN)CCC(O[N+](=O)[O-])CC2)CCC(O[N+](=O)[O-])CC1. The third kappa shape index (κ3) is 9.30. The standard InChI is InChI=1S/C22H34N6O12/c23-11-13-25-19(31)21(7-3-15(4-8-21)39-27(33)34)37-17(29)1-2-18(30)38-22(20(32)26-14-12-24)9-5-16(6-10-22)40-28(35)36/h1-2,15-16H,3-14,23-24H2,(H,25,31)(H,26,32)/b2-1+. The highest BCUT2D eigenvalue weighted by atomic mass is 17.0. The van der Waals surface area contributed by atoms with Gasteiger partial charge in [0.1, 0.15) is 12.2 Å². The molecule has 6 N–H and O–H groups in total. The Kier molecular flexibility index (Phi) is 12.0. The van der Waals surface area contributed by atoms with Crippen molar-refractivity contribution in [3.05, 3.63) is 32.4 Å². The third-order valence-corrected chi connectivity index (χ3v) is 6.59. The molecule has 0 spiro atoms. The molecule has 0 saturated heterocycles. The number of nitrogens with two attached hydrogens (primary N) is 2. The van der Waals surface area contributed by atoms with Gasteiger partial charge in [0.2, 0.25) is 0 Å². The lowest BCUT2D eigenvalue weighted by atomic mass is 9.82. The molecular weight excluding hydrogens is 540 g/mol. The number of hydrogen-bond acceptors (Lipinski definition) is 14. The number of nitrogens with one attached hydrogen (secondary N) is 2. The van der Waals surface area contributed by atoms with E-state index in [9.17, 15) is 39.4 Å². The number of carbonyl (C=O) groups excluding carboxylic acids is 4. The lowest BCUT2D eigenvalue weighted by Crippen LogP contribution is -2.53. The third-order valence-electron chi connectivity index (χ3n) is 6.59. The maximum Gasteiger partial charge on any atom is 0.332 e. The minimum absolute atomic E-state index is 0.0532. The quantitative estimate of drug-likeness (QED) is 0.0801. The van der Waals surface area contributed by atoms with Crippen LogP contribution in [0.25, 0.3) is 0 Å². The number of esters is 2. The van der Waals surface area contributed by atoms with Crippen molar-refractivity contribution >= 4 is 23.8 Å². The second-order valence-electron chi connectivity index (χ2n) is 9.31. The highest BCUT2D eigenvalue weighted by Gasteiger charge is 2.47. The maximum atomic E-state index is 12.8. The molecule has 0 radical (unpaired) electrons. The first kappa shape index (κ1) is 32.2. The number of rotatable bonds is 14. The van der Waals surface area contributed by atoms with E-state index in [1.165, 1.54) is 0 Å². The molecule has 40 heavy (non-hydrogen) atoms. The molecular formula is C22H34N6O12. The molecule has 0 aliphatic heterocycles. The fourth-order valence-corrected chi connectivity index (χ4v) is 4.60. The van der Waals surface area contributed by atoms with Crippen LogP contribution >= 0.6 is 0 Å². The fourth-order valence-electron chi connectivity index (χ4n) is 4.60. The summed E-state index contributed by atoms with van der Waals surface area (Å²) < 4.78 is 10.8. The Hall–Kier alpha value is -4.06. The molecule has 2 amide bonds. The van der Waals surface area contributed by atoms with Crippen LogP contribution in [0.15, 0.2) is 12.2 Å². The van der Waals surface area contributed by atoms with Crippen LogP contribution < -0.4 is 22.1 Å². The van der Waals surface area contributed by atoms with Gasteiger partial charge in [-0.1, -0.05) is 0 Å². The highest BCUT2D eigenvalue weighted by molar-refractivity contribution is 5.96. The zero-order valence-corrected chi connectivity index (χ0v) is 21.7. The lowest BCUT2D eigenvalue weighted by molar-refractivity contribution is -0.769. The van der Waals surface area contributed by atoms with Gasteiger partial charge in [-0.15, -0.1) is 20.2 Å².